The van der Waals surface area contributed by atoms with Crippen LogP contribution in [0.25, 0.3) is 11.1 Å². The van der Waals surface area contributed by atoms with Crippen LogP contribution in [0, 0.1) is 0 Å². The third kappa shape index (κ3) is 4.45. The average molecular weight is 465 g/mol. The van der Waals surface area contributed by atoms with E-state index in [0.717, 1.165) is 41.1 Å². The van der Waals surface area contributed by atoms with E-state index in [1.807, 2.05) is 65.6 Å². The molecular weight excluding hydrogens is 444 g/mol. The monoisotopic (exact) mass is 464 g/mol. The Bertz CT molecular complexity index is 1200. The van der Waals surface area contributed by atoms with E-state index in [9.17, 15) is 4.79 Å². The Balaban J connectivity index is 1.25. The molecule has 2 aromatic heterocycles. The van der Waals surface area contributed by atoms with Crippen molar-refractivity contribution in [2.75, 3.05) is 31.1 Å². The highest BCUT2D eigenvalue weighted by molar-refractivity contribution is 7.98. The number of para-hydroxylation sites is 2. The molecule has 1 amide bonds. The number of rotatable bonds is 5. The fourth-order valence-corrected chi connectivity index (χ4v) is 4.73. The molecule has 2 aromatic carbocycles. The Morgan fingerprint density at radius 1 is 1.00 bits per heavy atom. The predicted molar refractivity (Wildman–Crippen MR) is 127 cm³/mol. The lowest BCUT2D eigenvalue weighted by Crippen LogP contribution is -2.49. The topological polar surface area (TPSA) is 62.5 Å². The smallest absolute Gasteiger partial charge is 0.257 e. The number of aromatic nitrogens is 2. The van der Waals surface area contributed by atoms with Crippen molar-refractivity contribution in [3.05, 3.63) is 83.0 Å². The van der Waals surface area contributed by atoms with E-state index in [-0.39, 0.29) is 5.91 Å². The average Bonchev–Trinajstić information content (AvgIpc) is 3.26. The number of hydrogen-bond acceptors (Lipinski definition) is 6. The molecule has 0 spiro atoms. The molecule has 0 N–H and O–H groups in total. The van der Waals surface area contributed by atoms with Crippen LogP contribution in [0.1, 0.15) is 15.9 Å². The number of piperazine rings is 1. The standard InChI is InChI=1S/C24H21ClN4O2S/c25-18-9-10-22(26-15-18)28-11-13-29(14-12-28)23(30)19-6-2-1-5-17(19)16-32-24-27-20-7-3-4-8-21(20)31-24/h1-10,15H,11-14,16H2. The van der Waals surface area contributed by atoms with Gasteiger partial charge in [0, 0.05) is 43.7 Å². The summed E-state index contributed by atoms with van der Waals surface area (Å²) in [6, 6.07) is 19.2. The minimum atomic E-state index is 0.0579. The molecule has 0 aliphatic carbocycles. The van der Waals surface area contributed by atoms with Crippen LogP contribution in [-0.2, 0) is 5.75 Å². The number of amides is 1. The van der Waals surface area contributed by atoms with E-state index in [1.54, 1.807) is 6.20 Å². The first-order chi connectivity index (χ1) is 15.7. The van der Waals surface area contributed by atoms with Gasteiger partial charge in [0.2, 0.25) is 0 Å². The van der Waals surface area contributed by atoms with Gasteiger partial charge in [-0.3, -0.25) is 4.79 Å². The summed E-state index contributed by atoms with van der Waals surface area (Å²) in [6.45, 7) is 2.77. The summed E-state index contributed by atoms with van der Waals surface area (Å²) in [5, 5.41) is 1.23. The summed E-state index contributed by atoms with van der Waals surface area (Å²) in [6.07, 6.45) is 1.65. The molecule has 1 fully saturated rings. The first-order valence-electron chi connectivity index (χ1n) is 10.4. The summed E-state index contributed by atoms with van der Waals surface area (Å²) in [5.74, 6) is 1.56. The molecule has 5 rings (SSSR count). The van der Waals surface area contributed by atoms with Gasteiger partial charge in [-0.25, -0.2) is 9.97 Å². The third-order valence-electron chi connectivity index (χ3n) is 5.48. The van der Waals surface area contributed by atoms with Crippen molar-refractivity contribution in [3.8, 4) is 0 Å². The number of oxazole rings is 1. The second kappa shape index (κ2) is 9.22. The van der Waals surface area contributed by atoms with E-state index >= 15 is 0 Å². The predicted octanol–water partition coefficient (Wildman–Crippen LogP) is 5.13. The van der Waals surface area contributed by atoms with Crippen molar-refractivity contribution in [1.82, 2.24) is 14.9 Å². The van der Waals surface area contributed by atoms with Gasteiger partial charge >= 0.3 is 0 Å². The molecule has 0 saturated carbocycles. The number of benzene rings is 2. The van der Waals surface area contributed by atoms with Gasteiger partial charge in [-0.1, -0.05) is 53.7 Å². The Kier molecular flexibility index (Phi) is 6.01. The minimum Gasteiger partial charge on any atom is -0.431 e. The molecule has 0 unspecified atom stereocenters. The Morgan fingerprint density at radius 3 is 2.56 bits per heavy atom. The zero-order valence-corrected chi connectivity index (χ0v) is 18.9. The van der Waals surface area contributed by atoms with Gasteiger partial charge in [-0.2, -0.15) is 0 Å². The molecule has 0 radical (unpaired) electrons. The second-order valence-electron chi connectivity index (χ2n) is 7.51. The molecule has 32 heavy (non-hydrogen) atoms. The molecule has 4 aromatic rings. The van der Waals surface area contributed by atoms with Crippen LogP contribution in [0.5, 0.6) is 0 Å². The van der Waals surface area contributed by atoms with Crippen molar-refractivity contribution < 1.29 is 9.21 Å². The number of hydrogen-bond donors (Lipinski definition) is 0. The fraction of sp³-hybridized carbons (Fsp3) is 0.208. The summed E-state index contributed by atoms with van der Waals surface area (Å²) in [4.78, 5) is 26.3. The fourth-order valence-electron chi connectivity index (χ4n) is 3.77. The summed E-state index contributed by atoms with van der Waals surface area (Å²) < 4.78 is 5.80. The largest absolute Gasteiger partial charge is 0.431 e. The van der Waals surface area contributed by atoms with Crippen LogP contribution in [0.2, 0.25) is 5.02 Å². The molecule has 3 heterocycles. The molecule has 8 heteroatoms. The summed E-state index contributed by atoms with van der Waals surface area (Å²) >= 11 is 7.44. The van der Waals surface area contributed by atoms with Crippen LogP contribution in [0.3, 0.4) is 0 Å². The third-order valence-corrected chi connectivity index (χ3v) is 6.58. The van der Waals surface area contributed by atoms with Crippen molar-refractivity contribution in [3.63, 3.8) is 0 Å². The lowest BCUT2D eigenvalue weighted by Gasteiger charge is -2.35. The van der Waals surface area contributed by atoms with Crippen molar-refractivity contribution in [1.29, 1.82) is 0 Å². The van der Waals surface area contributed by atoms with Crippen molar-refractivity contribution in [2.24, 2.45) is 0 Å². The van der Waals surface area contributed by atoms with Crippen molar-refractivity contribution in [2.45, 2.75) is 11.0 Å². The summed E-state index contributed by atoms with van der Waals surface area (Å²) in [7, 11) is 0. The van der Waals surface area contributed by atoms with Crippen LogP contribution < -0.4 is 4.90 Å². The Hall–Kier alpha value is -3.03. The highest BCUT2D eigenvalue weighted by Gasteiger charge is 2.24. The molecular formula is C24H21ClN4O2S. The normalized spacial score (nSPS) is 14.2. The number of thioether (sulfide) groups is 1. The molecule has 6 nitrogen and oxygen atoms in total. The highest BCUT2D eigenvalue weighted by Crippen LogP contribution is 2.28. The number of carbonyl (C=O) groups excluding carboxylic acids is 1. The zero-order chi connectivity index (χ0) is 21.9. The highest BCUT2D eigenvalue weighted by atomic mass is 35.5. The quantitative estimate of drug-likeness (QED) is 0.381. The van der Waals surface area contributed by atoms with Gasteiger partial charge < -0.3 is 14.2 Å². The van der Waals surface area contributed by atoms with E-state index in [1.165, 1.54) is 11.8 Å². The lowest BCUT2D eigenvalue weighted by atomic mass is 10.1. The maximum Gasteiger partial charge on any atom is 0.257 e. The molecule has 1 saturated heterocycles. The number of pyridine rings is 1. The first-order valence-corrected chi connectivity index (χ1v) is 11.8. The van der Waals surface area contributed by atoms with E-state index in [2.05, 4.69) is 14.9 Å². The number of nitrogens with zero attached hydrogens (tertiary/aromatic N) is 4. The van der Waals surface area contributed by atoms with Gasteiger partial charge in [0.05, 0.1) is 5.02 Å². The Labute approximate surface area is 195 Å². The first kappa shape index (κ1) is 20.8. The maximum absolute atomic E-state index is 13.3. The second-order valence-corrected chi connectivity index (χ2v) is 8.87. The summed E-state index contributed by atoms with van der Waals surface area (Å²) in [5.41, 5.74) is 3.32. The number of anilines is 1. The van der Waals surface area contributed by atoms with E-state index in [4.69, 9.17) is 16.0 Å². The zero-order valence-electron chi connectivity index (χ0n) is 17.3. The molecule has 1 aliphatic heterocycles. The molecule has 0 bridgehead atoms. The van der Waals surface area contributed by atoms with Gasteiger partial charge in [0.25, 0.3) is 11.1 Å². The van der Waals surface area contributed by atoms with Crippen LogP contribution >= 0.6 is 23.4 Å². The molecule has 162 valence electrons. The van der Waals surface area contributed by atoms with Gasteiger partial charge in [0.15, 0.2) is 5.58 Å². The van der Waals surface area contributed by atoms with E-state index < -0.39 is 0 Å². The van der Waals surface area contributed by atoms with Crippen LogP contribution in [0.15, 0.2) is 76.5 Å². The van der Waals surface area contributed by atoms with Crippen LogP contribution in [0.4, 0.5) is 5.82 Å². The van der Waals surface area contributed by atoms with Crippen molar-refractivity contribution >= 4 is 46.2 Å². The SMILES string of the molecule is O=C(c1ccccc1CSc1nc2ccccc2o1)N1CCN(c2ccc(Cl)cn2)CC1. The number of carbonyl (C=O) groups is 1. The number of fused-ring (bicyclic) bond motifs is 1. The maximum atomic E-state index is 13.3. The van der Waals surface area contributed by atoms with Gasteiger partial charge in [-0.05, 0) is 35.9 Å². The van der Waals surface area contributed by atoms with E-state index in [0.29, 0.717) is 29.1 Å². The Morgan fingerprint density at radius 2 is 1.78 bits per heavy atom. The molecule has 0 atom stereocenters. The minimum absolute atomic E-state index is 0.0579. The lowest BCUT2D eigenvalue weighted by molar-refractivity contribution is 0.0745. The van der Waals surface area contributed by atoms with Crippen LogP contribution in [-0.4, -0.2) is 47.0 Å². The number of halogens is 1. The molecule has 1 aliphatic rings. The van der Waals surface area contributed by atoms with Gasteiger partial charge in [-0.15, -0.1) is 0 Å². The van der Waals surface area contributed by atoms with Gasteiger partial charge in [0.1, 0.15) is 11.3 Å².